The molecule has 0 saturated heterocycles. The number of benzene rings is 5. The predicted octanol–water partition coefficient (Wildman–Crippen LogP) is 9.08. The number of fused-ring (bicyclic) bond motifs is 3. The standard InChI is InChI=1S/C32H25NO/c1-2-33(26-19-15-24(16-20-26)23-9-4-3-5-10-23)27-21-17-25(18-22-27)28-12-8-13-30-29-11-6-7-14-31(29)34-32(28)30/h3-22H,2H2,1H3. The van der Waals surface area contributed by atoms with Crippen molar-refractivity contribution in [3.63, 3.8) is 0 Å². The lowest BCUT2D eigenvalue weighted by Crippen LogP contribution is -2.15. The summed E-state index contributed by atoms with van der Waals surface area (Å²) >= 11 is 0. The SMILES string of the molecule is CCN(c1ccc(-c2ccccc2)cc1)c1ccc(-c2cccc3c2oc2ccccc23)cc1. The third kappa shape index (κ3) is 3.54. The topological polar surface area (TPSA) is 16.4 Å². The number of rotatable bonds is 5. The van der Waals surface area contributed by atoms with Crippen molar-refractivity contribution in [2.75, 3.05) is 11.4 Å². The minimum atomic E-state index is 0.892. The van der Waals surface area contributed by atoms with Gasteiger partial charge in [0.1, 0.15) is 11.2 Å². The van der Waals surface area contributed by atoms with E-state index in [1.165, 1.54) is 22.5 Å². The summed E-state index contributed by atoms with van der Waals surface area (Å²) in [5.41, 5.74) is 8.98. The fourth-order valence-corrected chi connectivity index (χ4v) is 4.77. The monoisotopic (exact) mass is 439 g/mol. The summed E-state index contributed by atoms with van der Waals surface area (Å²) in [4.78, 5) is 2.33. The van der Waals surface area contributed by atoms with Crippen molar-refractivity contribution in [2.45, 2.75) is 6.92 Å². The fraction of sp³-hybridized carbons (Fsp3) is 0.0625. The van der Waals surface area contributed by atoms with Gasteiger partial charge in [0.05, 0.1) is 0 Å². The molecular weight excluding hydrogens is 414 g/mol. The van der Waals surface area contributed by atoms with Crippen LogP contribution < -0.4 is 4.90 Å². The zero-order valence-electron chi connectivity index (χ0n) is 19.1. The van der Waals surface area contributed by atoms with Gasteiger partial charge < -0.3 is 9.32 Å². The Morgan fingerprint density at radius 3 is 1.82 bits per heavy atom. The van der Waals surface area contributed by atoms with Gasteiger partial charge in [0, 0.05) is 34.3 Å². The van der Waals surface area contributed by atoms with Gasteiger partial charge >= 0.3 is 0 Å². The van der Waals surface area contributed by atoms with Gasteiger partial charge in [-0.25, -0.2) is 0 Å². The van der Waals surface area contributed by atoms with E-state index in [0.29, 0.717) is 0 Å². The highest BCUT2D eigenvalue weighted by Crippen LogP contribution is 2.37. The van der Waals surface area contributed by atoms with Gasteiger partial charge in [0.2, 0.25) is 0 Å². The maximum Gasteiger partial charge on any atom is 0.143 e. The van der Waals surface area contributed by atoms with E-state index in [1.807, 2.05) is 12.1 Å². The smallest absolute Gasteiger partial charge is 0.143 e. The highest BCUT2D eigenvalue weighted by atomic mass is 16.3. The van der Waals surface area contributed by atoms with Crippen LogP contribution >= 0.6 is 0 Å². The van der Waals surface area contributed by atoms with Crippen LogP contribution in [0, 0.1) is 0 Å². The highest BCUT2D eigenvalue weighted by molar-refractivity contribution is 6.09. The molecule has 6 rings (SSSR count). The van der Waals surface area contributed by atoms with Crippen LogP contribution in [0.15, 0.2) is 126 Å². The van der Waals surface area contributed by atoms with Crippen LogP contribution in [0.5, 0.6) is 0 Å². The number of hydrogen-bond acceptors (Lipinski definition) is 2. The molecule has 2 nitrogen and oxygen atoms in total. The second-order valence-electron chi connectivity index (χ2n) is 8.48. The van der Waals surface area contributed by atoms with Crippen molar-refractivity contribution in [3.8, 4) is 22.3 Å². The van der Waals surface area contributed by atoms with Crippen molar-refractivity contribution < 1.29 is 4.42 Å². The summed E-state index contributed by atoms with van der Waals surface area (Å²) in [5, 5.41) is 2.32. The molecule has 0 aliphatic rings. The molecule has 0 bridgehead atoms. The van der Waals surface area contributed by atoms with Crippen molar-refractivity contribution in [3.05, 3.63) is 121 Å². The first kappa shape index (κ1) is 20.3. The molecule has 0 radical (unpaired) electrons. The predicted molar refractivity (Wildman–Crippen MR) is 144 cm³/mol. The average Bonchev–Trinajstić information content (AvgIpc) is 3.29. The van der Waals surface area contributed by atoms with Crippen LogP contribution in [0.25, 0.3) is 44.2 Å². The quantitative estimate of drug-likeness (QED) is 0.266. The van der Waals surface area contributed by atoms with Crippen LogP contribution in [-0.2, 0) is 0 Å². The molecule has 0 aliphatic heterocycles. The van der Waals surface area contributed by atoms with Crippen LogP contribution in [0.2, 0.25) is 0 Å². The number of nitrogens with zero attached hydrogens (tertiary/aromatic N) is 1. The normalized spacial score (nSPS) is 11.2. The molecule has 0 amide bonds. The first-order chi connectivity index (χ1) is 16.8. The zero-order chi connectivity index (χ0) is 22.9. The summed E-state index contributed by atoms with van der Waals surface area (Å²) < 4.78 is 6.24. The van der Waals surface area contributed by atoms with Gasteiger partial charge in [-0.05, 0) is 53.9 Å². The second kappa shape index (κ2) is 8.57. The maximum atomic E-state index is 6.24. The molecule has 5 aromatic carbocycles. The number of anilines is 2. The molecule has 1 heterocycles. The molecule has 0 unspecified atom stereocenters. The van der Waals surface area contributed by atoms with E-state index in [2.05, 4.69) is 121 Å². The summed E-state index contributed by atoms with van der Waals surface area (Å²) in [5.74, 6) is 0. The molecule has 0 fully saturated rings. The van der Waals surface area contributed by atoms with Gasteiger partial charge in [-0.1, -0.05) is 91.0 Å². The number of furan rings is 1. The summed E-state index contributed by atoms with van der Waals surface area (Å²) in [6.45, 7) is 3.08. The Morgan fingerprint density at radius 2 is 1.12 bits per heavy atom. The molecule has 2 heteroatoms. The van der Waals surface area contributed by atoms with Gasteiger partial charge in [-0.3, -0.25) is 0 Å². The molecular formula is C32H25NO. The van der Waals surface area contributed by atoms with E-state index < -0.39 is 0 Å². The summed E-state index contributed by atoms with van der Waals surface area (Å²) in [6.07, 6.45) is 0. The van der Waals surface area contributed by atoms with Gasteiger partial charge in [0.15, 0.2) is 0 Å². The summed E-state index contributed by atoms with van der Waals surface area (Å²) in [6, 6.07) is 42.7. The third-order valence-corrected chi connectivity index (χ3v) is 6.50. The Kier molecular flexibility index (Phi) is 5.12. The van der Waals surface area contributed by atoms with Gasteiger partial charge in [-0.2, -0.15) is 0 Å². The number of hydrogen-bond donors (Lipinski definition) is 0. The van der Waals surface area contributed by atoms with Crippen molar-refractivity contribution in [1.82, 2.24) is 0 Å². The van der Waals surface area contributed by atoms with Crippen LogP contribution in [0.1, 0.15) is 6.92 Å². The Labute approximate surface area is 199 Å². The lowest BCUT2D eigenvalue weighted by molar-refractivity contribution is 0.670. The molecule has 1 aromatic heterocycles. The Hall–Kier alpha value is -4.30. The first-order valence-electron chi connectivity index (χ1n) is 11.8. The molecule has 0 atom stereocenters. The molecule has 164 valence electrons. The van der Waals surface area contributed by atoms with Crippen LogP contribution in [0.4, 0.5) is 11.4 Å². The lowest BCUT2D eigenvalue weighted by atomic mass is 10.0. The molecule has 6 aromatic rings. The Balaban J connectivity index is 1.32. The first-order valence-corrected chi connectivity index (χ1v) is 11.8. The van der Waals surface area contributed by atoms with Crippen molar-refractivity contribution in [2.24, 2.45) is 0 Å². The summed E-state index contributed by atoms with van der Waals surface area (Å²) in [7, 11) is 0. The van der Waals surface area contributed by atoms with Crippen molar-refractivity contribution >= 4 is 33.3 Å². The second-order valence-corrected chi connectivity index (χ2v) is 8.48. The highest BCUT2D eigenvalue weighted by Gasteiger charge is 2.13. The molecule has 0 aliphatic carbocycles. The van der Waals surface area contributed by atoms with Crippen LogP contribution in [0.3, 0.4) is 0 Å². The number of para-hydroxylation sites is 2. The van der Waals surface area contributed by atoms with E-state index in [0.717, 1.165) is 39.6 Å². The Morgan fingerprint density at radius 1 is 0.529 bits per heavy atom. The Bertz CT molecular complexity index is 1560. The maximum absolute atomic E-state index is 6.24. The molecule has 0 spiro atoms. The average molecular weight is 440 g/mol. The minimum Gasteiger partial charge on any atom is -0.455 e. The van der Waals surface area contributed by atoms with Crippen molar-refractivity contribution in [1.29, 1.82) is 0 Å². The largest absolute Gasteiger partial charge is 0.455 e. The van der Waals surface area contributed by atoms with E-state index in [9.17, 15) is 0 Å². The molecule has 0 saturated carbocycles. The fourth-order valence-electron chi connectivity index (χ4n) is 4.77. The van der Waals surface area contributed by atoms with Crippen LogP contribution in [-0.4, -0.2) is 6.54 Å². The zero-order valence-corrected chi connectivity index (χ0v) is 19.1. The third-order valence-electron chi connectivity index (χ3n) is 6.50. The van der Waals surface area contributed by atoms with E-state index in [-0.39, 0.29) is 0 Å². The lowest BCUT2D eigenvalue weighted by Gasteiger charge is -2.24. The van der Waals surface area contributed by atoms with E-state index in [4.69, 9.17) is 4.42 Å². The van der Waals surface area contributed by atoms with E-state index in [1.54, 1.807) is 0 Å². The molecule has 34 heavy (non-hydrogen) atoms. The minimum absolute atomic E-state index is 0.892. The molecule has 0 N–H and O–H groups in total. The van der Waals surface area contributed by atoms with Gasteiger partial charge in [0.25, 0.3) is 0 Å². The van der Waals surface area contributed by atoms with Gasteiger partial charge in [-0.15, -0.1) is 0 Å². The van der Waals surface area contributed by atoms with E-state index >= 15 is 0 Å².